The third-order valence-corrected chi connectivity index (χ3v) is 2.70. The van der Waals surface area contributed by atoms with Gasteiger partial charge in [0.2, 0.25) is 5.88 Å². The Hall–Kier alpha value is -2.96. The molecule has 7 heteroatoms. The first-order valence-electron chi connectivity index (χ1n) is 6.13. The number of nitrogens with zero attached hydrogens (tertiary/aromatic N) is 2. The number of hydrogen-bond donors (Lipinski definition) is 1. The average molecular weight is 288 g/mol. The van der Waals surface area contributed by atoms with Crippen LogP contribution >= 0.6 is 0 Å². The first-order valence-corrected chi connectivity index (χ1v) is 6.13. The Morgan fingerprint density at radius 3 is 2.48 bits per heavy atom. The molecule has 2 aromatic rings. The summed E-state index contributed by atoms with van der Waals surface area (Å²) in [6.45, 7) is 0. The second kappa shape index (κ2) is 6.47. The lowest BCUT2D eigenvalue weighted by Crippen LogP contribution is -1.97. The molecule has 0 bridgehead atoms. The lowest BCUT2D eigenvalue weighted by Gasteiger charge is -2.05. The van der Waals surface area contributed by atoms with Gasteiger partial charge in [-0.05, 0) is 24.1 Å². The number of pyridine rings is 1. The first kappa shape index (κ1) is 14.4. The zero-order chi connectivity index (χ0) is 15.2. The van der Waals surface area contributed by atoms with Crippen molar-refractivity contribution in [1.29, 1.82) is 0 Å². The minimum atomic E-state index is -0.842. The van der Waals surface area contributed by atoms with Crippen LogP contribution in [0.4, 0.5) is 5.69 Å². The van der Waals surface area contributed by atoms with E-state index < -0.39 is 10.9 Å². The second-order valence-corrected chi connectivity index (χ2v) is 4.25. The minimum Gasteiger partial charge on any atom is -0.481 e. The maximum absolute atomic E-state index is 10.5. The van der Waals surface area contributed by atoms with Crippen LogP contribution in [0.15, 0.2) is 42.6 Å². The Morgan fingerprint density at radius 1 is 1.24 bits per heavy atom. The third-order valence-electron chi connectivity index (χ3n) is 2.70. The molecule has 0 radical (unpaired) electrons. The summed E-state index contributed by atoms with van der Waals surface area (Å²) in [7, 11) is 0. The van der Waals surface area contributed by atoms with E-state index in [-0.39, 0.29) is 18.0 Å². The van der Waals surface area contributed by atoms with Crippen molar-refractivity contribution in [3.63, 3.8) is 0 Å². The van der Waals surface area contributed by atoms with Gasteiger partial charge in [-0.3, -0.25) is 14.9 Å². The number of aliphatic carboxylic acids is 1. The van der Waals surface area contributed by atoms with Gasteiger partial charge in [-0.2, -0.15) is 0 Å². The van der Waals surface area contributed by atoms with Crippen molar-refractivity contribution in [1.82, 2.24) is 4.98 Å². The molecule has 2 rings (SSSR count). The Kier molecular flexibility index (Phi) is 4.45. The van der Waals surface area contributed by atoms with Gasteiger partial charge in [0.15, 0.2) is 0 Å². The third kappa shape index (κ3) is 4.27. The molecule has 0 saturated heterocycles. The molecule has 108 valence electrons. The van der Waals surface area contributed by atoms with Gasteiger partial charge in [0.1, 0.15) is 11.9 Å². The molecule has 7 nitrogen and oxygen atoms in total. The summed E-state index contributed by atoms with van der Waals surface area (Å²) >= 11 is 0. The highest BCUT2D eigenvalue weighted by molar-refractivity contribution is 5.67. The monoisotopic (exact) mass is 288 g/mol. The van der Waals surface area contributed by atoms with Crippen molar-refractivity contribution in [2.75, 3.05) is 0 Å². The molecule has 0 fully saturated rings. The summed E-state index contributed by atoms with van der Waals surface area (Å²) < 4.78 is 5.44. The predicted octanol–water partition coefficient (Wildman–Crippen LogP) is 2.80. The van der Waals surface area contributed by atoms with E-state index in [1.54, 1.807) is 24.3 Å². The van der Waals surface area contributed by atoms with Crippen molar-refractivity contribution in [3.8, 4) is 11.6 Å². The van der Waals surface area contributed by atoms with E-state index in [0.717, 1.165) is 11.8 Å². The normalized spacial score (nSPS) is 10.1. The highest BCUT2D eigenvalue weighted by Gasteiger charge is 2.06. The number of nitro groups is 1. The van der Waals surface area contributed by atoms with Crippen molar-refractivity contribution < 1.29 is 19.6 Å². The van der Waals surface area contributed by atoms with Crippen molar-refractivity contribution >= 4 is 11.7 Å². The van der Waals surface area contributed by atoms with Gasteiger partial charge < -0.3 is 9.84 Å². The van der Waals surface area contributed by atoms with Crippen LogP contribution in [-0.2, 0) is 11.2 Å². The van der Waals surface area contributed by atoms with Crippen LogP contribution in [0.1, 0.15) is 12.0 Å². The van der Waals surface area contributed by atoms with Gasteiger partial charge in [-0.15, -0.1) is 0 Å². The molecular weight excluding hydrogens is 276 g/mol. The summed E-state index contributed by atoms with van der Waals surface area (Å²) in [5, 5.41) is 19.1. The lowest BCUT2D eigenvalue weighted by atomic mass is 10.1. The van der Waals surface area contributed by atoms with Crippen molar-refractivity contribution in [2.45, 2.75) is 12.8 Å². The standard InChI is InChI=1S/C14H12N2O5/c17-14(18)8-3-10-1-5-12(6-2-10)21-13-7-4-11(9-15-13)16(19)20/h1-2,4-7,9H,3,8H2,(H,17,18). The Morgan fingerprint density at radius 2 is 1.95 bits per heavy atom. The van der Waals surface area contributed by atoms with Gasteiger partial charge in [-0.1, -0.05) is 12.1 Å². The lowest BCUT2D eigenvalue weighted by molar-refractivity contribution is -0.385. The molecule has 0 atom stereocenters. The summed E-state index contributed by atoms with van der Waals surface area (Å²) in [5.74, 6) is -0.0697. The molecule has 1 aromatic carbocycles. The summed E-state index contributed by atoms with van der Waals surface area (Å²) in [6, 6.07) is 9.65. The molecule has 0 unspecified atom stereocenters. The van der Waals surface area contributed by atoms with Crippen LogP contribution < -0.4 is 4.74 Å². The van der Waals surface area contributed by atoms with Gasteiger partial charge in [0.25, 0.3) is 5.69 Å². The fourth-order valence-electron chi connectivity index (χ4n) is 1.64. The van der Waals surface area contributed by atoms with Crippen LogP contribution in [0.2, 0.25) is 0 Å². The number of hydrogen-bond acceptors (Lipinski definition) is 5. The Balaban J connectivity index is 1.99. The summed E-state index contributed by atoms with van der Waals surface area (Å²) in [4.78, 5) is 24.3. The molecule has 0 aliphatic carbocycles. The number of benzene rings is 1. The molecule has 0 saturated carbocycles. The number of rotatable bonds is 6. The Bertz CT molecular complexity index is 637. The second-order valence-electron chi connectivity index (χ2n) is 4.25. The van der Waals surface area contributed by atoms with Gasteiger partial charge in [-0.25, -0.2) is 4.98 Å². The fourth-order valence-corrected chi connectivity index (χ4v) is 1.64. The van der Waals surface area contributed by atoms with E-state index in [0.29, 0.717) is 12.2 Å². The number of aromatic nitrogens is 1. The van der Waals surface area contributed by atoms with E-state index in [2.05, 4.69) is 4.98 Å². The first-order chi connectivity index (χ1) is 10.0. The van der Waals surface area contributed by atoms with Crippen LogP contribution in [0.25, 0.3) is 0 Å². The van der Waals surface area contributed by atoms with E-state index in [1.165, 1.54) is 12.1 Å². The zero-order valence-corrected chi connectivity index (χ0v) is 10.9. The molecule has 0 aliphatic rings. The average Bonchev–Trinajstić information content (AvgIpc) is 2.47. The molecule has 1 aromatic heterocycles. The van der Waals surface area contributed by atoms with Crippen LogP contribution in [-0.4, -0.2) is 21.0 Å². The molecule has 0 spiro atoms. The van der Waals surface area contributed by atoms with E-state index >= 15 is 0 Å². The molecule has 0 aliphatic heterocycles. The van der Waals surface area contributed by atoms with Crippen LogP contribution in [0.3, 0.4) is 0 Å². The molecule has 1 heterocycles. The van der Waals surface area contributed by atoms with Crippen LogP contribution in [0.5, 0.6) is 11.6 Å². The van der Waals surface area contributed by atoms with E-state index in [4.69, 9.17) is 9.84 Å². The summed E-state index contributed by atoms with van der Waals surface area (Å²) in [6.07, 6.45) is 1.64. The smallest absolute Gasteiger partial charge is 0.303 e. The van der Waals surface area contributed by atoms with Gasteiger partial charge >= 0.3 is 5.97 Å². The number of aryl methyl sites for hydroxylation is 1. The molecule has 1 N–H and O–H groups in total. The maximum Gasteiger partial charge on any atom is 0.303 e. The molecule has 0 amide bonds. The number of ether oxygens (including phenoxy) is 1. The fraction of sp³-hybridized carbons (Fsp3) is 0.143. The van der Waals surface area contributed by atoms with Gasteiger partial charge in [0, 0.05) is 18.6 Å². The zero-order valence-electron chi connectivity index (χ0n) is 10.9. The van der Waals surface area contributed by atoms with E-state index in [1.807, 2.05) is 0 Å². The SMILES string of the molecule is O=C(O)CCc1ccc(Oc2ccc([N+](=O)[O-])cn2)cc1. The van der Waals surface area contributed by atoms with Crippen LogP contribution in [0, 0.1) is 10.1 Å². The van der Waals surface area contributed by atoms with E-state index in [9.17, 15) is 14.9 Å². The molecule has 21 heavy (non-hydrogen) atoms. The van der Waals surface area contributed by atoms with Crippen molar-refractivity contribution in [3.05, 3.63) is 58.3 Å². The number of carbonyl (C=O) groups is 1. The minimum absolute atomic E-state index is 0.0735. The maximum atomic E-state index is 10.5. The predicted molar refractivity (Wildman–Crippen MR) is 73.4 cm³/mol. The number of carboxylic acid groups (broad SMARTS) is 1. The van der Waals surface area contributed by atoms with Crippen molar-refractivity contribution in [2.24, 2.45) is 0 Å². The molecular formula is C14H12N2O5. The highest BCUT2D eigenvalue weighted by Crippen LogP contribution is 2.21. The highest BCUT2D eigenvalue weighted by atomic mass is 16.6. The Labute approximate surface area is 120 Å². The topological polar surface area (TPSA) is 103 Å². The quantitative estimate of drug-likeness (QED) is 0.647. The summed E-state index contributed by atoms with van der Waals surface area (Å²) in [5.41, 5.74) is 0.785. The largest absolute Gasteiger partial charge is 0.481 e. The van der Waals surface area contributed by atoms with Gasteiger partial charge in [0.05, 0.1) is 4.92 Å². The number of carboxylic acids is 1.